The second-order valence-corrected chi connectivity index (χ2v) is 7.53. The molecule has 2 aromatic rings. The molecule has 30 heavy (non-hydrogen) atoms. The summed E-state index contributed by atoms with van der Waals surface area (Å²) in [5.41, 5.74) is -0.467. The first kappa shape index (κ1) is 24.2. The van der Waals surface area contributed by atoms with Crippen molar-refractivity contribution in [1.29, 1.82) is 0 Å². The standard InChI is InChI=1S/C20H27FN4O4.Li/c1-13(2)18-22-20(29-23-18)25-9-7-24(8-10-25)14(3)6-11-28-15-4-5-16(19(26)27)17(21)12-15;/h4-5,12-14H,6-11H2,1-3H3,(H,26,27);/q;+1/p-1/t14-;/m0./s1. The number of halogens is 1. The summed E-state index contributed by atoms with van der Waals surface area (Å²) in [6, 6.07) is 4.53. The van der Waals surface area contributed by atoms with Gasteiger partial charge in [-0.25, -0.2) is 4.39 Å². The number of hydrogen-bond acceptors (Lipinski definition) is 8. The number of rotatable bonds is 8. The molecule has 0 N–H and O–H groups in total. The Kier molecular flexibility index (Phi) is 8.71. The van der Waals surface area contributed by atoms with Gasteiger partial charge < -0.3 is 24.1 Å². The van der Waals surface area contributed by atoms with Crippen LogP contribution in [0.1, 0.15) is 49.3 Å². The van der Waals surface area contributed by atoms with Crippen molar-refractivity contribution in [3.05, 3.63) is 35.4 Å². The molecule has 1 atom stereocenters. The van der Waals surface area contributed by atoms with E-state index >= 15 is 0 Å². The van der Waals surface area contributed by atoms with Crippen LogP contribution in [0.2, 0.25) is 0 Å². The van der Waals surface area contributed by atoms with Crippen LogP contribution in [-0.2, 0) is 0 Å². The summed E-state index contributed by atoms with van der Waals surface area (Å²) in [6.07, 6.45) is 0.766. The van der Waals surface area contributed by atoms with E-state index in [1.165, 1.54) is 6.07 Å². The van der Waals surface area contributed by atoms with Crippen molar-refractivity contribution in [3.63, 3.8) is 0 Å². The second-order valence-electron chi connectivity index (χ2n) is 7.53. The molecule has 3 rings (SSSR count). The van der Waals surface area contributed by atoms with E-state index in [9.17, 15) is 14.3 Å². The third-order valence-electron chi connectivity index (χ3n) is 5.12. The van der Waals surface area contributed by atoms with Gasteiger partial charge in [-0.3, -0.25) is 4.90 Å². The van der Waals surface area contributed by atoms with Crippen molar-refractivity contribution in [2.24, 2.45) is 0 Å². The summed E-state index contributed by atoms with van der Waals surface area (Å²) in [5, 5.41) is 14.8. The Bertz CT molecular complexity index is 840. The molecule has 10 heteroatoms. The topological polar surface area (TPSA) is 94.8 Å². The Morgan fingerprint density at radius 3 is 2.53 bits per heavy atom. The SMILES string of the molecule is CC(C)c1noc(N2CCN([C@@H](C)CCOc3ccc(C(=O)[O-])c(F)c3)CC2)n1.[Li+]. The summed E-state index contributed by atoms with van der Waals surface area (Å²) in [7, 11) is 0. The van der Waals surface area contributed by atoms with Gasteiger partial charge in [0.1, 0.15) is 11.6 Å². The monoisotopic (exact) mass is 412 g/mol. The third kappa shape index (κ3) is 5.97. The quantitative estimate of drug-likeness (QED) is 0.493. The van der Waals surface area contributed by atoms with Crippen molar-refractivity contribution in [3.8, 4) is 5.75 Å². The molecule has 158 valence electrons. The molecular weight excluding hydrogens is 386 g/mol. The smallest absolute Gasteiger partial charge is 0.545 e. The average molecular weight is 412 g/mol. The molecule has 0 aliphatic carbocycles. The van der Waals surface area contributed by atoms with E-state index in [1.54, 1.807) is 0 Å². The number of hydrogen-bond donors (Lipinski definition) is 0. The fraction of sp³-hybridized carbons (Fsp3) is 0.550. The van der Waals surface area contributed by atoms with Crippen molar-refractivity contribution in [2.75, 3.05) is 37.7 Å². The van der Waals surface area contributed by atoms with Crippen LogP contribution in [0, 0.1) is 5.82 Å². The third-order valence-corrected chi connectivity index (χ3v) is 5.12. The van der Waals surface area contributed by atoms with Crippen LogP contribution in [0.4, 0.5) is 10.4 Å². The van der Waals surface area contributed by atoms with Gasteiger partial charge in [0.25, 0.3) is 0 Å². The van der Waals surface area contributed by atoms with Crippen LogP contribution >= 0.6 is 0 Å². The number of piperazine rings is 1. The minimum absolute atomic E-state index is 0. The van der Waals surface area contributed by atoms with Crippen LogP contribution in [-0.4, -0.2) is 59.8 Å². The summed E-state index contributed by atoms with van der Waals surface area (Å²) in [4.78, 5) is 19.6. The fourth-order valence-corrected chi connectivity index (χ4v) is 3.22. The summed E-state index contributed by atoms with van der Waals surface area (Å²) in [6.45, 7) is 9.95. The maximum Gasteiger partial charge on any atom is 1.00 e. The number of nitrogens with zero attached hydrogens (tertiary/aromatic N) is 4. The van der Waals surface area contributed by atoms with Crippen molar-refractivity contribution >= 4 is 12.0 Å². The molecule has 0 saturated carbocycles. The van der Waals surface area contributed by atoms with E-state index in [2.05, 4.69) is 26.9 Å². The molecule has 8 nitrogen and oxygen atoms in total. The summed E-state index contributed by atoms with van der Waals surface area (Å²) < 4.78 is 24.6. The zero-order valence-electron chi connectivity index (χ0n) is 17.9. The van der Waals surface area contributed by atoms with E-state index in [0.29, 0.717) is 24.4 Å². The molecular formula is C20H26FLiN4O4. The van der Waals surface area contributed by atoms with E-state index in [-0.39, 0.29) is 24.8 Å². The molecule has 0 bridgehead atoms. The number of ether oxygens (including phenoxy) is 1. The van der Waals surface area contributed by atoms with Crippen molar-refractivity contribution in [2.45, 2.75) is 39.2 Å². The predicted octanol–water partition coefficient (Wildman–Crippen LogP) is -1.32. The Labute approximate surface area is 187 Å². The first-order valence-corrected chi connectivity index (χ1v) is 9.81. The summed E-state index contributed by atoms with van der Waals surface area (Å²) in [5.74, 6) is -1.13. The Balaban J connectivity index is 0.00000320. The van der Waals surface area contributed by atoms with Gasteiger partial charge in [0.15, 0.2) is 5.82 Å². The van der Waals surface area contributed by atoms with Gasteiger partial charge >= 0.3 is 24.9 Å². The molecule has 1 saturated heterocycles. The minimum atomic E-state index is -1.54. The zero-order chi connectivity index (χ0) is 21.0. The van der Waals surface area contributed by atoms with Gasteiger partial charge in [-0.2, -0.15) is 4.98 Å². The number of anilines is 1. The number of carboxylic acids is 1. The molecule has 1 aromatic heterocycles. The van der Waals surface area contributed by atoms with Crippen LogP contribution in [0.3, 0.4) is 0 Å². The molecule has 1 aromatic carbocycles. The van der Waals surface area contributed by atoms with Gasteiger partial charge in [-0.15, -0.1) is 0 Å². The van der Waals surface area contributed by atoms with Gasteiger partial charge in [0, 0.05) is 49.8 Å². The van der Waals surface area contributed by atoms with Crippen molar-refractivity contribution in [1.82, 2.24) is 15.0 Å². The average Bonchev–Trinajstić information content (AvgIpc) is 3.18. The number of aromatic nitrogens is 2. The van der Waals surface area contributed by atoms with E-state index in [1.807, 2.05) is 13.8 Å². The number of benzene rings is 1. The second kappa shape index (κ2) is 10.8. The first-order chi connectivity index (χ1) is 13.8. The largest absolute Gasteiger partial charge is 1.00 e. The normalized spacial score (nSPS) is 15.7. The molecule has 0 unspecified atom stereocenters. The van der Waals surface area contributed by atoms with E-state index in [4.69, 9.17) is 9.26 Å². The van der Waals surface area contributed by atoms with Crippen molar-refractivity contribution < 1.29 is 42.4 Å². The Hall–Kier alpha value is -2.08. The maximum atomic E-state index is 13.7. The fourth-order valence-electron chi connectivity index (χ4n) is 3.22. The predicted molar refractivity (Wildman–Crippen MR) is 102 cm³/mol. The minimum Gasteiger partial charge on any atom is -0.545 e. The number of carboxylic acid groups (broad SMARTS) is 1. The summed E-state index contributed by atoms with van der Waals surface area (Å²) >= 11 is 0. The maximum absolute atomic E-state index is 13.7. The van der Waals surface area contributed by atoms with Crippen LogP contribution in [0.15, 0.2) is 22.7 Å². The van der Waals surface area contributed by atoms with Crippen LogP contribution in [0.25, 0.3) is 0 Å². The van der Waals surface area contributed by atoms with Gasteiger partial charge in [-0.05, 0) is 25.5 Å². The van der Waals surface area contributed by atoms with E-state index in [0.717, 1.165) is 50.6 Å². The Morgan fingerprint density at radius 2 is 1.97 bits per heavy atom. The Morgan fingerprint density at radius 1 is 1.27 bits per heavy atom. The number of carbonyl (C=O) groups is 1. The van der Waals surface area contributed by atoms with Crippen LogP contribution < -0.4 is 33.6 Å². The van der Waals surface area contributed by atoms with Gasteiger partial charge in [0.2, 0.25) is 0 Å². The molecule has 0 amide bonds. The van der Waals surface area contributed by atoms with Gasteiger partial charge in [-0.1, -0.05) is 19.0 Å². The molecule has 1 aliphatic rings. The molecule has 1 fully saturated rings. The molecule has 0 radical (unpaired) electrons. The van der Waals surface area contributed by atoms with Gasteiger partial charge in [0.05, 0.1) is 12.6 Å². The number of carbonyl (C=O) groups excluding carboxylic acids is 1. The first-order valence-electron chi connectivity index (χ1n) is 9.81. The van der Waals surface area contributed by atoms with Crippen LogP contribution in [0.5, 0.6) is 5.75 Å². The zero-order valence-corrected chi connectivity index (χ0v) is 17.9. The van der Waals surface area contributed by atoms with E-state index < -0.39 is 17.3 Å². The molecule has 1 aliphatic heterocycles. The molecule has 0 spiro atoms. The number of aromatic carboxylic acids is 1. The molecule has 2 heterocycles.